The maximum Gasteiger partial charge on any atom is 0.333 e. The number of hydrogen-bond acceptors (Lipinski definition) is 1. The van der Waals surface area contributed by atoms with Crippen molar-refractivity contribution in [2.75, 3.05) is 0 Å². The van der Waals surface area contributed by atoms with E-state index in [1.165, 1.54) is 0 Å². The van der Waals surface area contributed by atoms with Gasteiger partial charge in [0.15, 0.2) is 0 Å². The maximum absolute atomic E-state index is 15.5. The molecule has 0 saturated carbocycles. The summed E-state index contributed by atoms with van der Waals surface area (Å²) in [5.41, 5.74) is 3.74. The summed E-state index contributed by atoms with van der Waals surface area (Å²) in [6.07, 6.45) is 3.35. The van der Waals surface area contributed by atoms with E-state index in [9.17, 15) is 0 Å². The zero-order valence-electron chi connectivity index (χ0n) is 12.4. The Morgan fingerprint density at radius 3 is 2.00 bits per heavy atom. The van der Waals surface area contributed by atoms with Crippen LogP contribution in [0.15, 0.2) is 12.5 Å². The molecule has 0 unspecified atom stereocenters. The summed E-state index contributed by atoms with van der Waals surface area (Å²) in [4.78, 5) is 4.00. The molecule has 0 bridgehead atoms. The van der Waals surface area contributed by atoms with E-state index >= 15 is 4.11 Å². The molecule has 0 atom stereocenters. The molecule has 2 nitrogen and oxygen atoms in total. The molecule has 0 aliphatic rings. The highest BCUT2D eigenvalue weighted by Gasteiger charge is 2.54. The fraction of sp³-hybridized carbons (Fsp3) is 0.643. The molecule has 0 N–H and O–H groups in total. The molecule has 0 aromatic carbocycles. The molecule has 1 rings (SSSR count). The smallest absolute Gasteiger partial charge is 0.327 e. The van der Waals surface area contributed by atoms with Crippen LogP contribution < -0.4 is 0 Å². The fourth-order valence-corrected chi connectivity index (χ4v) is 5.43. The topological polar surface area (TPSA) is 17.8 Å². The fourth-order valence-electron chi connectivity index (χ4n) is 2.13. The number of halogens is 1. The largest absolute Gasteiger partial charge is 0.333 e. The lowest BCUT2D eigenvalue weighted by Crippen LogP contribution is -2.47. The molecule has 1 aromatic heterocycles. The van der Waals surface area contributed by atoms with Gasteiger partial charge in [-0.2, -0.15) is 0 Å². The van der Waals surface area contributed by atoms with Crippen molar-refractivity contribution in [1.29, 1.82) is 0 Å². The van der Waals surface area contributed by atoms with Crippen LogP contribution in [0, 0.1) is 11.5 Å². The number of aryl methyl sites for hydroxylation is 1. The van der Waals surface area contributed by atoms with Crippen LogP contribution in [0.2, 0.25) is 10.1 Å². The Hall–Kier alpha value is -1.08. The Kier molecular flexibility index (Phi) is 3.78. The van der Waals surface area contributed by atoms with Gasteiger partial charge in [-0.15, -0.1) is 0 Å². The van der Waals surface area contributed by atoms with Crippen LogP contribution in [-0.4, -0.2) is 18.0 Å². The van der Waals surface area contributed by atoms with E-state index in [1.54, 1.807) is 12.5 Å². The van der Waals surface area contributed by atoms with Crippen molar-refractivity contribution in [3.8, 4) is 11.5 Å². The third-order valence-corrected chi connectivity index (χ3v) is 7.85. The molecule has 0 aliphatic heterocycles. The average molecular weight is 266 g/mol. The van der Waals surface area contributed by atoms with E-state index in [4.69, 9.17) is 0 Å². The minimum absolute atomic E-state index is 0.406. The number of nitrogens with zero attached hydrogens (tertiary/aromatic N) is 2. The minimum Gasteiger partial charge on any atom is -0.327 e. The van der Waals surface area contributed by atoms with Crippen LogP contribution >= 0.6 is 0 Å². The molecule has 18 heavy (non-hydrogen) atoms. The number of imidazole rings is 1. The summed E-state index contributed by atoms with van der Waals surface area (Å²) in [5.74, 6) is 2.98. The van der Waals surface area contributed by atoms with Crippen LogP contribution in [0.5, 0.6) is 0 Å². The van der Waals surface area contributed by atoms with Crippen molar-refractivity contribution >= 4 is 8.41 Å². The Balaban J connectivity index is 3.26. The summed E-state index contributed by atoms with van der Waals surface area (Å²) < 4.78 is 17.3. The summed E-state index contributed by atoms with van der Waals surface area (Å²) >= 11 is 0. The van der Waals surface area contributed by atoms with Crippen LogP contribution in [-0.2, 0) is 7.05 Å². The number of rotatable bonds is 0. The molecule has 1 heterocycles. The summed E-state index contributed by atoms with van der Waals surface area (Å²) in [6, 6.07) is 0. The van der Waals surface area contributed by atoms with Crippen molar-refractivity contribution in [3.05, 3.63) is 18.2 Å². The molecular formula is C14H23FN2Si. The molecule has 0 radical (unpaired) electrons. The normalized spacial score (nSPS) is 13.1. The second-order valence-corrected chi connectivity index (χ2v) is 11.4. The number of hydrogen-bond donors (Lipinski definition) is 0. The van der Waals surface area contributed by atoms with Gasteiger partial charge in [0.25, 0.3) is 0 Å². The highest BCUT2D eigenvalue weighted by molar-refractivity contribution is 6.86. The molecule has 0 saturated heterocycles. The van der Waals surface area contributed by atoms with Gasteiger partial charge in [0.2, 0.25) is 0 Å². The summed E-state index contributed by atoms with van der Waals surface area (Å²) in [7, 11) is -1.37. The quantitative estimate of drug-likeness (QED) is 0.396. The van der Waals surface area contributed by atoms with E-state index in [2.05, 4.69) is 16.4 Å². The van der Waals surface area contributed by atoms with Gasteiger partial charge in [-0.25, -0.2) is 4.98 Å². The second kappa shape index (κ2) is 4.54. The first-order valence-corrected chi connectivity index (χ1v) is 8.05. The lowest BCUT2D eigenvalue weighted by atomic mass is 10.2. The van der Waals surface area contributed by atoms with Crippen molar-refractivity contribution in [2.45, 2.75) is 51.6 Å². The van der Waals surface area contributed by atoms with Gasteiger partial charge in [-0.1, -0.05) is 53.0 Å². The van der Waals surface area contributed by atoms with E-state index in [-0.39, 0.29) is 0 Å². The second-order valence-electron chi connectivity index (χ2n) is 6.80. The number of aromatic nitrogens is 2. The Bertz CT molecular complexity index is 466. The van der Waals surface area contributed by atoms with Crippen LogP contribution in [0.3, 0.4) is 0 Å². The monoisotopic (exact) mass is 266 g/mol. The van der Waals surface area contributed by atoms with Crippen molar-refractivity contribution in [2.24, 2.45) is 7.05 Å². The molecule has 0 aliphatic carbocycles. The van der Waals surface area contributed by atoms with Crippen molar-refractivity contribution in [3.63, 3.8) is 0 Å². The first-order chi connectivity index (χ1) is 7.99. The minimum atomic E-state index is -3.23. The zero-order valence-corrected chi connectivity index (χ0v) is 13.4. The SMILES string of the molecule is Cn1cncc1C#C[Si](F)(C(C)(C)C)C(C)(C)C. The maximum atomic E-state index is 15.5. The zero-order chi connectivity index (χ0) is 14.2. The lowest BCUT2D eigenvalue weighted by Gasteiger charge is -2.40. The van der Waals surface area contributed by atoms with E-state index in [0.717, 1.165) is 5.69 Å². The molecule has 4 heteroatoms. The Labute approximate surface area is 111 Å². The third kappa shape index (κ3) is 2.67. The van der Waals surface area contributed by atoms with E-state index in [1.807, 2.05) is 53.2 Å². The molecule has 1 aromatic rings. The Morgan fingerprint density at radius 1 is 1.17 bits per heavy atom. The highest BCUT2D eigenvalue weighted by Crippen LogP contribution is 2.51. The van der Waals surface area contributed by atoms with Gasteiger partial charge in [-0.3, -0.25) is 4.11 Å². The first kappa shape index (κ1) is 15.0. The predicted octanol–water partition coefficient (Wildman–Crippen LogP) is 3.83. The van der Waals surface area contributed by atoms with Crippen molar-refractivity contribution in [1.82, 2.24) is 9.55 Å². The van der Waals surface area contributed by atoms with Crippen LogP contribution in [0.25, 0.3) is 0 Å². The van der Waals surface area contributed by atoms with Gasteiger partial charge in [0.1, 0.15) is 5.69 Å². The van der Waals surface area contributed by atoms with Crippen LogP contribution in [0.1, 0.15) is 47.2 Å². The van der Waals surface area contributed by atoms with E-state index < -0.39 is 18.5 Å². The highest BCUT2D eigenvalue weighted by atomic mass is 28.4. The van der Waals surface area contributed by atoms with Gasteiger partial charge < -0.3 is 4.57 Å². The molecule has 100 valence electrons. The summed E-state index contributed by atoms with van der Waals surface area (Å²) in [6.45, 7) is 11.7. The van der Waals surface area contributed by atoms with Gasteiger partial charge >= 0.3 is 8.41 Å². The lowest BCUT2D eigenvalue weighted by molar-refractivity contribution is 0.537. The Morgan fingerprint density at radius 2 is 1.67 bits per heavy atom. The van der Waals surface area contributed by atoms with Crippen LogP contribution in [0.4, 0.5) is 4.11 Å². The average Bonchev–Trinajstić information content (AvgIpc) is 2.57. The standard InChI is InChI=1S/C14H23FN2Si/c1-13(2,3)18(15,14(4,5)6)9-8-12-10-16-11-17(12)7/h10-11H,1-7H3. The van der Waals surface area contributed by atoms with Gasteiger partial charge in [0, 0.05) is 7.05 Å². The van der Waals surface area contributed by atoms with Gasteiger partial charge in [-0.05, 0) is 10.1 Å². The van der Waals surface area contributed by atoms with Crippen molar-refractivity contribution < 1.29 is 4.11 Å². The molecule has 0 spiro atoms. The molecule has 0 fully saturated rings. The third-order valence-electron chi connectivity index (χ3n) is 3.25. The molecule has 0 amide bonds. The predicted molar refractivity (Wildman–Crippen MR) is 76.4 cm³/mol. The summed E-state index contributed by atoms with van der Waals surface area (Å²) in [5, 5.41) is -0.812. The van der Waals surface area contributed by atoms with E-state index in [0.29, 0.717) is 0 Å². The first-order valence-electron chi connectivity index (χ1n) is 6.17. The van der Waals surface area contributed by atoms with Gasteiger partial charge in [0.05, 0.1) is 12.5 Å². The molecular weight excluding hydrogens is 243 g/mol.